The van der Waals surface area contributed by atoms with Crippen LogP contribution in [0.5, 0.6) is 11.5 Å². The molecule has 6 nitrogen and oxygen atoms in total. The monoisotopic (exact) mass is 417 g/mol. The van der Waals surface area contributed by atoms with Gasteiger partial charge in [-0.15, -0.1) is 0 Å². The molecule has 1 heterocycles. The van der Waals surface area contributed by atoms with Gasteiger partial charge in [0.25, 0.3) is 5.91 Å². The number of ether oxygens (including phenoxy) is 3. The number of carbonyl (C=O) groups is 2. The average Bonchev–Trinajstić information content (AvgIpc) is 2.80. The molecule has 1 amide bonds. The summed E-state index contributed by atoms with van der Waals surface area (Å²) in [4.78, 5) is 25.7. The molecule has 4 rings (SSSR count). The highest BCUT2D eigenvalue weighted by Crippen LogP contribution is 2.32. The fourth-order valence-corrected chi connectivity index (χ4v) is 3.42. The van der Waals surface area contributed by atoms with Crippen molar-refractivity contribution in [2.24, 2.45) is 0 Å². The quantitative estimate of drug-likeness (QED) is 0.610. The van der Waals surface area contributed by atoms with Gasteiger partial charge >= 0.3 is 5.97 Å². The summed E-state index contributed by atoms with van der Waals surface area (Å²) in [7, 11) is 0. The summed E-state index contributed by atoms with van der Waals surface area (Å²) in [5, 5.41) is 2.76. The number of benzene rings is 3. The first kappa shape index (κ1) is 20.5. The largest absolute Gasteiger partial charge is 0.486 e. The third-order valence-corrected chi connectivity index (χ3v) is 4.97. The molecule has 31 heavy (non-hydrogen) atoms. The van der Waals surface area contributed by atoms with E-state index in [1.54, 1.807) is 25.1 Å². The summed E-state index contributed by atoms with van der Waals surface area (Å²) in [5.41, 5.74) is 2.15. The highest BCUT2D eigenvalue weighted by atomic mass is 16.6. The molecule has 0 bridgehead atoms. The Morgan fingerprint density at radius 2 is 1.42 bits per heavy atom. The summed E-state index contributed by atoms with van der Waals surface area (Å²) in [6.45, 7) is 2.51. The number of carbonyl (C=O) groups excluding carboxylic acids is 2. The molecule has 0 aromatic heterocycles. The van der Waals surface area contributed by atoms with E-state index in [1.807, 2.05) is 60.7 Å². The topological polar surface area (TPSA) is 73.9 Å². The van der Waals surface area contributed by atoms with Gasteiger partial charge in [-0.3, -0.25) is 9.59 Å². The summed E-state index contributed by atoms with van der Waals surface area (Å²) in [6, 6.07) is 23.9. The highest BCUT2D eigenvalue weighted by Gasteiger charge is 2.28. The van der Waals surface area contributed by atoms with Crippen LogP contribution in [-0.4, -0.2) is 31.2 Å². The lowest BCUT2D eigenvalue weighted by Gasteiger charge is -2.21. The van der Waals surface area contributed by atoms with Crippen LogP contribution >= 0.6 is 0 Å². The van der Waals surface area contributed by atoms with Crippen molar-refractivity contribution >= 4 is 17.6 Å². The lowest BCUT2D eigenvalue weighted by molar-refractivity contribution is -0.153. The van der Waals surface area contributed by atoms with Gasteiger partial charge in [-0.05, 0) is 30.2 Å². The highest BCUT2D eigenvalue weighted by molar-refractivity contribution is 5.96. The standard InChI is InChI=1S/C25H23NO5/c1-17(24(27)26-20-12-13-21-22(16-20)30-15-14-29-21)31-25(28)23(18-8-4-2-5-9-18)19-10-6-3-7-11-19/h2-13,16-17,23H,14-15H2,1H3,(H,26,27)/t17-/m0/s1. The second-order valence-electron chi connectivity index (χ2n) is 7.18. The van der Waals surface area contributed by atoms with Crippen molar-refractivity contribution in [2.75, 3.05) is 18.5 Å². The summed E-state index contributed by atoms with van der Waals surface area (Å²) in [5.74, 6) is -0.321. The van der Waals surface area contributed by atoms with Crippen LogP contribution in [0, 0.1) is 0 Å². The molecule has 1 aliphatic heterocycles. The van der Waals surface area contributed by atoms with Gasteiger partial charge in [0, 0.05) is 11.8 Å². The van der Waals surface area contributed by atoms with Crippen LogP contribution in [0.2, 0.25) is 0 Å². The third kappa shape index (κ3) is 4.86. The van der Waals surface area contributed by atoms with E-state index in [4.69, 9.17) is 14.2 Å². The Kier molecular flexibility index (Phi) is 6.17. The lowest BCUT2D eigenvalue weighted by Crippen LogP contribution is -2.32. The van der Waals surface area contributed by atoms with Crippen molar-refractivity contribution in [3.8, 4) is 11.5 Å². The molecule has 0 unspecified atom stereocenters. The zero-order valence-electron chi connectivity index (χ0n) is 17.1. The molecule has 0 saturated heterocycles. The van der Waals surface area contributed by atoms with Crippen LogP contribution < -0.4 is 14.8 Å². The Labute approximate surface area is 180 Å². The van der Waals surface area contributed by atoms with E-state index >= 15 is 0 Å². The van der Waals surface area contributed by atoms with E-state index in [0.717, 1.165) is 11.1 Å². The maximum atomic E-state index is 13.1. The zero-order chi connectivity index (χ0) is 21.6. The Bertz CT molecular complexity index is 1010. The van der Waals surface area contributed by atoms with Gasteiger partial charge in [-0.1, -0.05) is 60.7 Å². The first-order valence-electron chi connectivity index (χ1n) is 10.1. The van der Waals surface area contributed by atoms with Crippen LogP contribution in [0.4, 0.5) is 5.69 Å². The molecule has 0 radical (unpaired) electrons. The number of hydrogen-bond acceptors (Lipinski definition) is 5. The number of anilines is 1. The van der Waals surface area contributed by atoms with Gasteiger partial charge in [0.2, 0.25) is 0 Å². The molecule has 1 atom stereocenters. The molecule has 0 spiro atoms. The van der Waals surface area contributed by atoms with Gasteiger partial charge in [0.15, 0.2) is 17.6 Å². The Morgan fingerprint density at radius 1 is 0.839 bits per heavy atom. The Balaban J connectivity index is 1.46. The van der Waals surface area contributed by atoms with E-state index in [9.17, 15) is 9.59 Å². The molecule has 0 aliphatic carbocycles. The lowest BCUT2D eigenvalue weighted by atomic mass is 9.91. The van der Waals surface area contributed by atoms with Gasteiger partial charge in [0.1, 0.15) is 19.1 Å². The van der Waals surface area contributed by atoms with Crippen molar-refractivity contribution in [2.45, 2.75) is 18.9 Å². The molecule has 6 heteroatoms. The molecular weight excluding hydrogens is 394 g/mol. The SMILES string of the molecule is C[C@H](OC(=O)C(c1ccccc1)c1ccccc1)C(=O)Nc1ccc2c(c1)OCCO2. The molecule has 0 fully saturated rings. The molecule has 158 valence electrons. The van der Waals surface area contributed by atoms with Crippen LogP contribution in [-0.2, 0) is 14.3 Å². The maximum Gasteiger partial charge on any atom is 0.318 e. The van der Waals surface area contributed by atoms with Gasteiger partial charge in [-0.2, -0.15) is 0 Å². The predicted molar refractivity (Wildman–Crippen MR) is 116 cm³/mol. The number of amides is 1. The molecule has 0 saturated carbocycles. The minimum absolute atomic E-state index is 0.426. The summed E-state index contributed by atoms with van der Waals surface area (Å²) >= 11 is 0. The first-order valence-corrected chi connectivity index (χ1v) is 10.1. The molecule has 1 N–H and O–H groups in total. The van der Waals surface area contributed by atoms with Crippen LogP contribution in [0.25, 0.3) is 0 Å². The first-order chi connectivity index (χ1) is 15.1. The maximum absolute atomic E-state index is 13.1. The second-order valence-corrected chi connectivity index (χ2v) is 7.18. The summed E-state index contributed by atoms with van der Waals surface area (Å²) < 4.78 is 16.6. The Morgan fingerprint density at radius 3 is 2.03 bits per heavy atom. The van der Waals surface area contributed by atoms with E-state index in [0.29, 0.717) is 30.4 Å². The van der Waals surface area contributed by atoms with E-state index in [1.165, 1.54) is 0 Å². The minimum Gasteiger partial charge on any atom is -0.486 e. The smallest absolute Gasteiger partial charge is 0.318 e. The van der Waals surface area contributed by atoms with Crippen molar-refractivity contribution in [1.29, 1.82) is 0 Å². The molecule has 1 aliphatic rings. The van der Waals surface area contributed by atoms with Gasteiger partial charge in [-0.25, -0.2) is 0 Å². The second kappa shape index (κ2) is 9.34. The van der Waals surface area contributed by atoms with Crippen LogP contribution in [0.3, 0.4) is 0 Å². The minimum atomic E-state index is -0.976. The van der Waals surface area contributed by atoms with Crippen molar-refractivity contribution < 1.29 is 23.8 Å². The van der Waals surface area contributed by atoms with E-state index in [2.05, 4.69) is 5.32 Å². The number of nitrogens with one attached hydrogen (secondary N) is 1. The fourth-order valence-electron chi connectivity index (χ4n) is 3.42. The normalized spacial score (nSPS) is 13.4. The van der Waals surface area contributed by atoms with E-state index < -0.39 is 23.9 Å². The predicted octanol–water partition coefficient (Wildman–Crippen LogP) is 4.16. The number of hydrogen-bond donors (Lipinski definition) is 1. The number of fused-ring (bicyclic) bond motifs is 1. The van der Waals surface area contributed by atoms with E-state index in [-0.39, 0.29) is 0 Å². The fraction of sp³-hybridized carbons (Fsp3) is 0.200. The number of esters is 1. The van der Waals surface area contributed by atoms with Crippen molar-refractivity contribution in [1.82, 2.24) is 0 Å². The van der Waals surface area contributed by atoms with Crippen molar-refractivity contribution in [3.05, 3.63) is 90.0 Å². The molecular formula is C25H23NO5. The van der Waals surface area contributed by atoms with Crippen LogP contribution in [0.15, 0.2) is 78.9 Å². The number of rotatable bonds is 6. The van der Waals surface area contributed by atoms with Gasteiger partial charge < -0.3 is 19.5 Å². The van der Waals surface area contributed by atoms with Gasteiger partial charge in [0.05, 0.1) is 0 Å². The molecule has 3 aromatic rings. The molecule has 3 aromatic carbocycles. The zero-order valence-corrected chi connectivity index (χ0v) is 17.1. The summed E-state index contributed by atoms with van der Waals surface area (Å²) in [6.07, 6.45) is -0.976. The third-order valence-electron chi connectivity index (χ3n) is 4.97. The Hall–Kier alpha value is -3.80. The van der Waals surface area contributed by atoms with Crippen LogP contribution in [0.1, 0.15) is 24.0 Å². The van der Waals surface area contributed by atoms with Crippen molar-refractivity contribution in [3.63, 3.8) is 0 Å². The average molecular weight is 417 g/mol.